The summed E-state index contributed by atoms with van der Waals surface area (Å²) in [5, 5.41) is 12.3. The highest BCUT2D eigenvalue weighted by atomic mass is 127. The summed E-state index contributed by atoms with van der Waals surface area (Å²) in [4.78, 5) is 15.6. The average Bonchev–Trinajstić information content (AvgIpc) is 2.63. The highest BCUT2D eigenvalue weighted by molar-refractivity contribution is 14.1. The van der Waals surface area contributed by atoms with Crippen molar-refractivity contribution in [3.63, 3.8) is 0 Å². The quantitative estimate of drug-likeness (QED) is 0.247. The summed E-state index contributed by atoms with van der Waals surface area (Å²) in [6.45, 7) is 3.76. The number of hydrogen-bond donors (Lipinski definition) is 1. The Morgan fingerprint density at radius 1 is 1.33 bits per heavy atom. The van der Waals surface area contributed by atoms with Gasteiger partial charge in [0.2, 0.25) is 5.79 Å². The fourth-order valence-corrected chi connectivity index (χ4v) is 5.50. The van der Waals surface area contributed by atoms with Gasteiger partial charge in [-0.15, -0.1) is 4.91 Å². The minimum atomic E-state index is -1.07. The van der Waals surface area contributed by atoms with Crippen LogP contribution in [-0.2, 0) is 14.4 Å². The van der Waals surface area contributed by atoms with E-state index in [2.05, 4.69) is 32.7 Å². The molecular formula is C14H22INO5. The predicted molar refractivity (Wildman–Crippen MR) is 83.6 cm³/mol. The van der Waals surface area contributed by atoms with Crippen LogP contribution in [-0.4, -0.2) is 27.5 Å². The van der Waals surface area contributed by atoms with Crippen LogP contribution in [0.4, 0.5) is 0 Å². The lowest BCUT2D eigenvalue weighted by Crippen LogP contribution is -2.53. The average molecular weight is 411 g/mol. The van der Waals surface area contributed by atoms with Gasteiger partial charge in [0.25, 0.3) is 0 Å². The molecule has 2 aliphatic heterocycles. The number of halogens is 1. The van der Waals surface area contributed by atoms with Crippen LogP contribution in [0.2, 0.25) is 0 Å². The summed E-state index contributed by atoms with van der Waals surface area (Å²) in [7, 11) is 0. The van der Waals surface area contributed by atoms with Crippen LogP contribution in [0.25, 0.3) is 0 Å². The molecule has 2 heterocycles. The van der Waals surface area contributed by atoms with Crippen LogP contribution < -0.4 is 0 Å². The maximum Gasteiger partial charge on any atom is 0.201 e. The van der Waals surface area contributed by atoms with E-state index < -0.39 is 18.3 Å². The summed E-state index contributed by atoms with van der Waals surface area (Å²) in [6.07, 6.45) is 2.55. The Labute approximate surface area is 137 Å². The van der Waals surface area contributed by atoms with Crippen LogP contribution in [0.1, 0.15) is 39.5 Å². The Hall–Kier alpha value is 0.170. The van der Waals surface area contributed by atoms with Crippen molar-refractivity contribution in [3.8, 4) is 0 Å². The van der Waals surface area contributed by atoms with Crippen LogP contribution in [0.15, 0.2) is 5.18 Å². The van der Waals surface area contributed by atoms with Crippen LogP contribution in [0.5, 0.6) is 0 Å². The minimum absolute atomic E-state index is 0.109. The first kappa shape index (κ1) is 16.0. The number of nitroso groups, excluding NO2 is 1. The molecule has 3 rings (SSSR count). The Morgan fingerprint density at radius 3 is 2.76 bits per heavy atom. The second-order valence-electron chi connectivity index (χ2n) is 6.74. The Kier molecular flexibility index (Phi) is 4.58. The van der Waals surface area contributed by atoms with Gasteiger partial charge < -0.3 is 9.47 Å². The SMILES string of the molecule is C[C@H]1C(N=O)OC2OC(C)(OO)CC[C@H]3C(I)CCC1C23. The van der Waals surface area contributed by atoms with Gasteiger partial charge in [0, 0.05) is 22.2 Å². The molecule has 0 aromatic carbocycles. The summed E-state index contributed by atoms with van der Waals surface area (Å²) < 4.78 is 12.3. The first-order valence-electron chi connectivity index (χ1n) is 7.61. The van der Waals surface area contributed by atoms with Gasteiger partial charge in [0.15, 0.2) is 12.5 Å². The van der Waals surface area contributed by atoms with Crippen LogP contribution in [0, 0.1) is 28.6 Å². The summed E-state index contributed by atoms with van der Waals surface area (Å²) in [6, 6.07) is 0. The number of alkyl halides is 1. The lowest BCUT2D eigenvalue weighted by molar-refractivity contribution is -0.434. The van der Waals surface area contributed by atoms with Crippen molar-refractivity contribution in [2.24, 2.45) is 28.8 Å². The maximum atomic E-state index is 11.1. The molecule has 0 spiro atoms. The molecule has 0 aromatic heterocycles. The summed E-state index contributed by atoms with van der Waals surface area (Å²) >= 11 is 2.51. The third-order valence-corrected chi connectivity index (χ3v) is 7.08. The smallest absolute Gasteiger partial charge is 0.201 e. The maximum absolute atomic E-state index is 11.1. The van der Waals surface area contributed by atoms with Crippen molar-refractivity contribution in [2.45, 2.75) is 61.8 Å². The molecule has 6 unspecified atom stereocenters. The van der Waals surface area contributed by atoms with E-state index >= 15 is 0 Å². The molecule has 21 heavy (non-hydrogen) atoms. The summed E-state index contributed by atoms with van der Waals surface area (Å²) in [5.74, 6) is 0.116. The van der Waals surface area contributed by atoms with Gasteiger partial charge in [0.05, 0.1) is 0 Å². The molecule has 3 fully saturated rings. The highest BCUT2D eigenvalue weighted by Crippen LogP contribution is 2.53. The molecule has 0 radical (unpaired) electrons. The van der Waals surface area contributed by atoms with E-state index in [4.69, 9.17) is 9.47 Å². The first-order valence-corrected chi connectivity index (χ1v) is 8.86. The number of rotatable bonds is 2. The van der Waals surface area contributed by atoms with Crippen LogP contribution in [0.3, 0.4) is 0 Å². The van der Waals surface area contributed by atoms with E-state index in [1.807, 2.05) is 6.92 Å². The van der Waals surface area contributed by atoms with Gasteiger partial charge in [-0.05, 0) is 43.2 Å². The molecule has 0 amide bonds. The van der Waals surface area contributed by atoms with Crippen molar-refractivity contribution >= 4 is 22.6 Å². The van der Waals surface area contributed by atoms with Gasteiger partial charge in [-0.1, -0.05) is 29.5 Å². The lowest BCUT2D eigenvalue weighted by atomic mass is 9.64. The molecule has 3 aliphatic rings. The molecular weight excluding hydrogens is 389 g/mol. The fraction of sp³-hybridized carbons (Fsp3) is 1.00. The van der Waals surface area contributed by atoms with Crippen molar-refractivity contribution in [1.29, 1.82) is 0 Å². The molecule has 8 atom stereocenters. The molecule has 6 nitrogen and oxygen atoms in total. The number of hydrogen-bond acceptors (Lipinski definition) is 6. The highest BCUT2D eigenvalue weighted by Gasteiger charge is 2.55. The Morgan fingerprint density at radius 2 is 2.10 bits per heavy atom. The van der Waals surface area contributed by atoms with Crippen molar-refractivity contribution in [3.05, 3.63) is 4.91 Å². The third-order valence-electron chi connectivity index (χ3n) is 5.54. The minimum Gasteiger partial charge on any atom is -0.323 e. The van der Waals surface area contributed by atoms with E-state index in [9.17, 15) is 10.2 Å². The standard InChI is InChI=1S/C14H22INO5/c1-7-8-3-4-10(15)9-5-6-14(2,21-18)20-13(11(8)9)19-12(7)16-17/h7-13,18H,3-6H2,1-2H3/t7-,8?,9+,10?,11?,12?,13?,14?/m1/s1. The zero-order chi connectivity index (χ0) is 15.2. The van der Waals surface area contributed by atoms with E-state index in [-0.39, 0.29) is 11.8 Å². The largest absolute Gasteiger partial charge is 0.323 e. The molecule has 1 aliphatic carbocycles. The van der Waals surface area contributed by atoms with E-state index in [1.54, 1.807) is 6.92 Å². The van der Waals surface area contributed by atoms with Gasteiger partial charge >= 0.3 is 0 Å². The number of ether oxygens (including phenoxy) is 2. The molecule has 0 bridgehead atoms. The van der Waals surface area contributed by atoms with Crippen molar-refractivity contribution < 1.29 is 19.6 Å². The van der Waals surface area contributed by atoms with E-state index in [0.29, 0.717) is 22.2 Å². The van der Waals surface area contributed by atoms with Gasteiger partial charge in [0.1, 0.15) is 0 Å². The van der Waals surface area contributed by atoms with E-state index in [1.165, 1.54) is 0 Å². The molecule has 1 N–H and O–H groups in total. The second kappa shape index (κ2) is 5.99. The zero-order valence-corrected chi connectivity index (χ0v) is 14.4. The van der Waals surface area contributed by atoms with Gasteiger partial charge in [-0.2, -0.15) is 0 Å². The molecule has 0 aromatic rings. The Bertz CT molecular complexity index is 411. The molecule has 7 heteroatoms. The van der Waals surface area contributed by atoms with E-state index in [0.717, 1.165) is 19.3 Å². The molecule has 120 valence electrons. The predicted octanol–water partition coefficient (Wildman–Crippen LogP) is 3.53. The normalized spacial score (nSPS) is 53.6. The third kappa shape index (κ3) is 2.75. The monoisotopic (exact) mass is 411 g/mol. The first-order chi connectivity index (χ1) is 9.99. The van der Waals surface area contributed by atoms with Crippen molar-refractivity contribution in [1.82, 2.24) is 0 Å². The Balaban J connectivity index is 1.93. The zero-order valence-electron chi connectivity index (χ0n) is 12.3. The van der Waals surface area contributed by atoms with Gasteiger partial charge in [-0.3, -0.25) is 0 Å². The second-order valence-corrected chi connectivity index (χ2v) is 8.34. The van der Waals surface area contributed by atoms with Gasteiger partial charge in [-0.25, -0.2) is 10.1 Å². The summed E-state index contributed by atoms with van der Waals surface area (Å²) in [5.41, 5.74) is 0. The molecule has 2 saturated heterocycles. The lowest BCUT2D eigenvalue weighted by Gasteiger charge is -2.50. The molecule has 1 saturated carbocycles. The topological polar surface area (TPSA) is 77.4 Å². The number of nitrogens with zero attached hydrogens (tertiary/aromatic N) is 1. The van der Waals surface area contributed by atoms with Crippen molar-refractivity contribution in [2.75, 3.05) is 0 Å². The fourth-order valence-electron chi connectivity index (χ4n) is 4.30. The van der Waals surface area contributed by atoms with Crippen LogP contribution >= 0.6 is 22.6 Å².